The van der Waals surface area contributed by atoms with Crippen molar-refractivity contribution in [1.29, 1.82) is 0 Å². The minimum atomic E-state index is 0.874. The average molecular weight is 155 g/mol. The van der Waals surface area contributed by atoms with E-state index in [-0.39, 0.29) is 0 Å². The van der Waals surface area contributed by atoms with Crippen LogP contribution in [0.4, 0.5) is 0 Å². The Kier molecular flexibility index (Phi) is 3.92. The molecule has 1 unspecified atom stereocenters. The van der Waals surface area contributed by atoms with Crippen LogP contribution in [0.25, 0.3) is 0 Å². The van der Waals surface area contributed by atoms with Gasteiger partial charge in [0.05, 0.1) is 0 Å². The lowest BCUT2D eigenvalue weighted by Gasteiger charge is -2.27. The van der Waals surface area contributed by atoms with Crippen molar-refractivity contribution in [1.82, 2.24) is 5.32 Å². The van der Waals surface area contributed by atoms with Crippen molar-refractivity contribution in [3.05, 3.63) is 0 Å². The standard InChI is InChI=1S/C10H21N/c1-3-9(2)7-8-11-10-5-4-6-10/h9-11H,3-8H2,1-2H3. The van der Waals surface area contributed by atoms with Crippen molar-refractivity contribution in [3.8, 4) is 0 Å². The predicted molar refractivity (Wildman–Crippen MR) is 49.7 cm³/mol. The van der Waals surface area contributed by atoms with E-state index >= 15 is 0 Å². The molecular weight excluding hydrogens is 134 g/mol. The van der Waals surface area contributed by atoms with Gasteiger partial charge in [-0.3, -0.25) is 0 Å². The Morgan fingerprint density at radius 2 is 2.18 bits per heavy atom. The zero-order valence-electron chi connectivity index (χ0n) is 7.90. The summed E-state index contributed by atoms with van der Waals surface area (Å²) in [4.78, 5) is 0. The van der Waals surface area contributed by atoms with Gasteiger partial charge in [-0.2, -0.15) is 0 Å². The topological polar surface area (TPSA) is 12.0 Å². The highest BCUT2D eigenvalue weighted by molar-refractivity contribution is 4.76. The lowest BCUT2D eigenvalue weighted by Crippen LogP contribution is -2.36. The third-order valence-corrected chi connectivity index (χ3v) is 2.87. The Morgan fingerprint density at radius 1 is 1.45 bits per heavy atom. The fourth-order valence-corrected chi connectivity index (χ4v) is 1.35. The first-order chi connectivity index (χ1) is 5.33. The zero-order valence-corrected chi connectivity index (χ0v) is 7.90. The van der Waals surface area contributed by atoms with Crippen LogP contribution in [0.1, 0.15) is 46.0 Å². The molecule has 1 fully saturated rings. The van der Waals surface area contributed by atoms with Crippen LogP contribution in [0.15, 0.2) is 0 Å². The summed E-state index contributed by atoms with van der Waals surface area (Å²) in [6, 6.07) is 0.874. The molecule has 11 heavy (non-hydrogen) atoms. The summed E-state index contributed by atoms with van der Waals surface area (Å²) in [5.41, 5.74) is 0. The molecule has 1 heteroatoms. The largest absolute Gasteiger partial charge is 0.314 e. The van der Waals surface area contributed by atoms with Crippen molar-refractivity contribution < 1.29 is 0 Å². The van der Waals surface area contributed by atoms with Crippen molar-refractivity contribution in [2.24, 2.45) is 5.92 Å². The van der Waals surface area contributed by atoms with Crippen molar-refractivity contribution in [3.63, 3.8) is 0 Å². The Bertz CT molecular complexity index is 92.3. The van der Waals surface area contributed by atoms with Gasteiger partial charge in [0, 0.05) is 6.04 Å². The highest BCUT2D eigenvalue weighted by Gasteiger charge is 2.15. The van der Waals surface area contributed by atoms with Gasteiger partial charge in [-0.25, -0.2) is 0 Å². The van der Waals surface area contributed by atoms with Crippen LogP contribution in [0, 0.1) is 5.92 Å². The van der Waals surface area contributed by atoms with E-state index in [9.17, 15) is 0 Å². The zero-order chi connectivity index (χ0) is 8.10. The Balaban J connectivity index is 1.86. The second-order valence-electron chi connectivity index (χ2n) is 3.88. The molecule has 1 atom stereocenters. The van der Waals surface area contributed by atoms with Crippen LogP contribution in [-0.2, 0) is 0 Å². The molecule has 1 N–H and O–H groups in total. The third kappa shape index (κ3) is 3.24. The summed E-state index contributed by atoms with van der Waals surface area (Å²) in [7, 11) is 0. The fraction of sp³-hybridized carbons (Fsp3) is 1.00. The predicted octanol–water partition coefficient (Wildman–Crippen LogP) is 2.56. The van der Waals surface area contributed by atoms with Crippen molar-refractivity contribution >= 4 is 0 Å². The van der Waals surface area contributed by atoms with Crippen LogP contribution in [0.3, 0.4) is 0 Å². The van der Waals surface area contributed by atoms with Crippen LogP contribution in [-0.4, -0.2) is 12.6 Å². The fourth-order valence-electron chi connectivity index (χ4n) is 1.35. The summed E-state index contributed by atoms with van der Waals surface area (Å²) in [5.74, 6) is 0.905. The van der Waals surface area contributed by atoms with Crippen LogP contribution < -0.4 is 5.32 Å². The van der Waals surface area contributed by atoms with E-state index < -0.39 is 0 Å². The van der Waals surface area contributed by atoms with E-state index in [4.69, 9.17) is 0 Å². The number of nitrogens with one attached hydrogen (secondary N) is 1. The van der Waals surface area contributed by atoms with Crippen LogP contribution in [0.2, 0.25) is 0 Å². The summed E-state index contributed by atoms with van der Waals surface area (Å²) in [6.07, 6.45) is 6.96. The summed E-state index contributed by atoms with van der Waals surface area (Å²) < 4.78 is 0. The Hall–Kier alpha value is -0.0400. The number of hydrogen-bond acceptors (Lipinski definition) is 1. The van der Waals surface area contributed by atoms with Gasteiger partial charge in [-0.05, 0) is 31.7 Å². The monoisotopic (exact) mass is 155 g/mol. The van der Waals surface area contributed by atoms with E-state index in [2.05, 4.69) is 19.2 Å². The minimum Gasteiger partial charge on any atom is -0.314 e. The average Bonchev–Trinajstić information content (AvgIpc) is 1.94. The molecule has 1 aliphatic rings. The van der Waals surface area contributed by atoms with Gasteiger partial charge in [-0.15, -0.1) is 0 Å². The van der Waals surface area contributed by atoms with Gasteiger partial charge in [-0.1, -0.05) is 26.7 Å². The van der Waals surface area contributed by atoms with Crippen LogP contribution >= 0.6 is 0 Å². The molecule has 0 radical (unpaired) electrons. The van der Waals surface area contributed by atoms with E-state index in [1.807, 2.05) is 0 Å². The SMILES string of the molecule is CCC(C)CCNC1CCC1. The summed E-state index contributed by atoms with van der Waals surface area (Å²) in [6.45, 7) is 5.84. The molecule has 66 valence electrons. The maximum absolute atomic E-state index is 3.58. The molecule has 0 saturated heterocycles. The lowest BCUT2D eigenvalue weighted by atomic mass is 9.93. The second kappa shape index (κ2) is 4.76. The molecule has 0 heterocycles. The van der Waals surface area contributed by atoms with E-state index in [0.717, 1.165) is 12.0 Å². The highest BCUT2D eigenvalue weighted by Crippen LogP contribution is 2.18. The molecule has 1 nitrogen and oxygen atoms in total. The second-order valence-corrected chi connectivity index (χ2v) is 3.88. The van der Waals surface area contributed by atoms with Crippen molar-refractivity contribution in [2.45, 2.75) is 52.0 Å². The molecule has 0 aromatic heterocycles. The normalized spacial score (nSPS) is 21.3. The van der Waals surface area contributed by atoms with Gasteiger partial charge in [0.15, 0.2) is 0 Å². The molecule has 1 rings (SSSR count). The molecular formula is C10H21N. The molecule has 0 bridgehead atoms. The first-order valence-corrected chi connectivity index (χ1v) is 5.06. The van der Waals surface area contributed by atoms with Gasteiger partial charge in [0.25, 0.3) is 0 Å². The molecule has 1 saturated carbocycles. The van der Waals surface area contributed by atoms with Gasteiger partial charge in [0.2, 0.25) is 0 Å². The van der Waals surface area contributed by atoms with E-state index in [1.54, 1.807) is 0 Å². The third-order valence-electron chi connectivity index (χ3n) is 2.87. The highest BCUT2D eigenvalue weighted by atomic mass is 14.9. The van der Waals surface area contributed by atoms with E-state index in [0.29, 0.717) is 0 Å². The smallest absolute Gasteiger partial charge is 0.00670 e. The van der Waals surface area contributed by atoms with Gasteiger partial charge in [0.1, 0.15) is 0 Å². The molecule has 0 amide bonds. The lowest BCUT2D eigenvalue weighted by molar-refractivity contribution is 0.328. The first-order valence-electron chi connectivity index (χ1n) is 5.06. The Morgan fingerprint density at radius 3 is 2.64 bits per heavy atom. The molecule has 0 aromatic carbocycles. The summed E-state index contributed by atoms with van der Waals surface area (Å²) >= 11 is 0. The number of hydrogen-bond donors (Lipinski definition) is 1. The first kappa shape index (κ1) is 9.05. The van der Waals surface area contributed by atoms with Gasteiger partial charge >= 0.3 is 0 Å². The number of rotatable bonds is 5. The van der Waals surface area contributed by atoms with E-state index in [1.165, 1.54) is 38.6 Å². The van der Waals surface area contributed by atoms with Crippen LogP contribution in [0.5, 0.6) is 0 Å². The maximum atomic E-state index is 3.58. The minimum absolute atomic E-state index is 0.874. The Labute approximate surface area is 70.6 Å². The summed E-state index contributed by atoms with van der Waals surface area (Å²) in [5, 5.41) is 3.58. The molecule has 0 aromatic rings. The maximum Gasteiger partial charge on any atom is 0.00670 e. The van der Waals surface area contributed by atoms with Gasteiger partial charge < -0.3 is 5.32 Å². The van der Waals surface area contributed by atoms with Crippen molar-refractivity contribution in [2.75, 3.05) is 6.54 Å². The molecule has 1 aliphatic carbocycles. The molecule has 0 aliphatic heterocycles. The molecule has 0 spiro atoms. The quantitative estimate of drug-likeness (QED) is 0.643.